The summed E-state index contributed by atoms with van der Waals surface area (Å²) in [6.07, 6.45) is 18.1. The highest BCUT2D eigenvalue weighted by atomic mass is 16.5. The van der Waals surface area contributed by atoms with E-state index in [-0.39, 0.29) is 6.61 Å². The Hall–Kier alpha value is -1.06. The summed E-state index contributed by atoms with van der Waals surface area (Å²) < 4.78 is 6.17. The molecular formula is C26H48NO2+. The number of quaternary nitrogens is 1. The van der Waals surface area contributed by atoms with E-state index < -0.39 is 0 Å². The van der Waals surface area contributed by atoms with Gasteiger partial charge in [-0.05, 0) is 37.1 Å². The molecule has 0 spiro atoms. The van der Waals surface area contributed by atoms with Crippen LogP contribution < -0.4 is 4.74 Å². The molecule has 0 aromatic heterocycles. The molecule has 3 heteroatoms. The van der Waals surface area contributed by atoms with Gasteiger partial charge in [0.15, 0.2) is 0 Å². The monoisotopic (exact) mass is 406 g/mol. The minimum absolute atomic E-state index is 0.255. The Morgan fingerprint density at radius 2 is 1.21 bits per heavy atom. The van der Waals surface area contributed by atoms with Crippen LogP contribution in [-0.2, 0) is 6.54 Å². The maximum absolute atomic E-state index is 9.53. The van der Waals surface area contributed by atoms with Gasteiger partial charge in [0.2, 0.25) is 0 Å². The maximum Gasteiger partial charge on any atom is 0.118 e. The Bertz CT molecular complexity index is 488. The van der Waals surface area contributed by atoms with Crippen LogP contribution in [0, 0.1) is 0 Å². The predicted octanol–water partition coefficient (Wildman–Crippen LogP) is 6.73. The number of aliphatic hydroxyl groups is 1. The number of likely N-dealkylation sites (N-methyl/N-ethyl adjacent to an activating group) is 1. The van der Waals surface area contributed by atoms with Crippen molar-refractivity contribution in [2.75, 3.05) is 33.9 Å². The third-order valence-corrected chi connectivity index (χ3v) is 6.16. The zero-order chi connectivity index (χ0) is 21.2. The summed E-state index contributed by atoms with van der Waals surface area (Å²) in [6.45, 7) is 5.48. The van der Waals surface area contributed by atoms with E-state index in [0.29, 0.717) is 0 Å². The van der Waals surface area contributed by atoms with Crippen molar-refractivity contribution in [1.82, 2.24) is 0 Å². The van der Waals surface area contributed by atoms with Crippen molar-refractivity contribution in [3.05, 3.63) is 29.8 Å². The molecule has 0 amide bonds. The fraction of sp³-hybridized carbons (Fsp3) is 0.769. The van der Waals surface area contributed by atoms with Crippen molar-refractivity contribution in [2.45, 2.75) is 96.9 Å². The summed E-state index contributed by atoms with van der Waals surface area (Å²) in [5.74, 6) is 0.904. The first-order chi connectivity index (χ1) is 14.1. The summed E-state index contributed by atoms with van der Waals surface area (Å²) in [4.78, 5) is 0. The lowest BCUT2D eigenvalue weighted by molar-refractivity contribution is -0.923. The minimum atomic E-state index is 0.255. The number of ether oxygens (including phenoxy) is 1. The van der Waals surface area contributed by atoms with Gasteiger partial charge in [0.25, 0.3) is 0 Å². The van der Waals surface area contributed by atoms with E-state index >= 15 is 0 Å². The molecule has 1 N–H and O–H groups in total. The molecule has 0 bridgehead atoms. The van der Waals surface area contributed by atoms with Crippen molar-refractivity contribution in [3.8, 4) is 5.75 Å². The molecule has 0 radical (unpaired) electrons. The number of unbranched alkanes of at least 4 members (excludes halogenated alkanes) is 12. The number of rotatable bonds is 19. The van der Waals surface area contributed by atoms with E-state index in [2.05, 4.69) is 26.1 Å². The Morgan fingerprint density at radius 3 is 1.66 bits per heavy atom. The van der Waals surface area contributed by atoms with E-state index in [1.807, 2.05) is 12.1 Å². The van der Waals surface area contributed by atoms with Crippen LogP contribution in [0.1, 0.15) is 96.0 Å². The van der Waals surface area contributed by atoms with Gasteiger partial charge in [0.1, 0.15) is 18.8 Å². The van der Waals surface area contributed by atoms with Crippen molar-refractivity contribution in [3.63, 3.8) is 0 Å². The molecular weight excluding hydrogens is 358 g/mol. The Labute approximate surface area is 181 Å². The van der Waals surface area contributed by atoms with E-state index in [0.717, 1.165) is 29.9 Å². The standard InChI is InChI=1S/C26H48NO2/c1-4-5-6-7-8-9-10-11-12-13-14-15-16-21-27(2,22-23-28)24-25-17-19-26(29-3)20-18-25/h17-20,28H,4-16,21-24H2,1-3H3/q+1. The first-order valence-corrected chi connectivity index (χ1v) is 12.2. The van der Waals surface area contributed by atoms with Crippen molar-refractivity contribution < 1.29 is 14.3 Å². The molecule has 0 saturated heterocycles. The molecule has 0 saturated carbocycles. The maximum atomic E-state index is 9.53. The second kappa shape index (κ2) is 16.7. The largest absolute Gasteiger partial charge is 0.497 e. The summed E-state index contributed by atoms with van der Waals surface area (Å²) >= 11 is 0. The molecule has 1 aromatic carbocycles. The lowest BCUT2D eigenvalue weighted by atomic mass is 10.0. The van der Waals surface area contributed by atoms with Crippen LogP contribution in [0.25, 0.3) is 0 Å². The zero-order valence-corrected chi connectivity index (χ0v) is 19.6. The van der Waals surface area contributed by atoms with E-state index in [4.69, 9.17) is 4.74 Å². The van der Waals surface area contributed by atoms with Gasteiger partial charge in [-0.1, -0.05) is 77.6 Å². The molecule has 1 atom stereocenters. The second-order valence-electron chi connectivity index (χ2n) is 9.04. The summed E-state index contributed by atoms with van der Waals surface area (Å²) in [6, 6.07) is 8.36. The minimum Gasteiger partial charge on any atom is -0.497 e. The number of methoxy groups -OCH3 is 1. The average Bonchev–Trinajstić information content (AvgIpc) is 2.72. The third kappa shape index (κ3) is 13.0. The highest BCUT2D eigenvalue weighted by Gasteiger charge is 2.21. The molecule has 0 aliphatic carbocycles. The summed E-state index contributed by atoms with van der Waals surface area (Å²) in [5.41, 5.74) is 1.32. The third-order valence-electron chi connectivity index (χ3n) is 6.16. The number of nitrogens with zero attached hydrogens (tertiary/aromatic N) is 1. The van der Waals surface area contributed by atoms with Crippen LogP contribution in [0.15, 0.2) is 24.3 Å². The molecule has 168 valence electrons. The van der Waals surface area contributed by atoms with Crippen molar-refractivity contribution in [1.29, 1.82) is 0 Å². The fourth-order valence-corrected chi connectivity index (χ4v) is 4.19. The Morgan fingerprint density at radius 1 is 0.724 bits per heavy atom. The smallest absolute Gasteiger partial charge is 0.118 e. The highest BCUT2D eigenvalue weighted by molar-refractivity contribution is 5.26. The van der Waals surface area contributed by atoms with Gasteiger partial charge < -0.3 is 14.3 Å². The van der Waals surface area contributed by atoms with Gasteiger partial charge in [-0.25, -0.2) is 0 Å². The summed E-state index contributed by atoms with van der Waals surface area (Å²) in [5, 5.41) is 9.53. The van der Waals surface area contributed by atoms with Crippen molar-refractivity contribution >= 4 is 0 Å². The predicted molar refractivity (Wildman–Crippen MR) is 125 cm³/mol. The van der Waals surface area contributed by atoms with Crippen LogP contribution in [0.3, 0.4) is 0 Å². The van der Waals surface area contributed by atoms with Crippen LogP contribution >= 0.6 is 0 Å². The lowest BCUT2D eigenvalue weighted by Crippen LogP contribution is -2.46. The number of hydrogen-bond donors (Lipinski definition) is 1. The molecule has 0 aliphatic heterocycles. The second-order valence-corrected chi connectivity index (χ2v) is 9.04. The van der Waals surface area contributed by atoms with Gasteiger partial charge in [-0.3, -0.25) is 0 Å². The molecule has 29 heavy (non-hydrogen) atoms. The Balaban J connectivity index is 2.11. The topological polar surface area (TPSA) is 29.5 Å². The molecule has 0 fully saturated rings. The fourth-order valence-electron chi connectivity index (χ4n) is 4.19. The average molecular weight is 407 g/mol. The normalized spacial score (nSPS) is 13.4. The molecule has 1 rings (SSSR count). The first-order valence-electron chi connectivity index (χ1n) is 12.2. The van der Waals surface area contributed by atoms with Gasteiger partial charge in [-0.2, -0.15) is 0 Å². The first kappa shape index (κ1) is 26.0. The van der Waals surface area contributed by atoms with Crippen LogP contribution in [0.4, 0.5) is 0 Å². The van der Waals surface area contributed by atoms with Crippen molar-refractivity contribution in [2.24, 2.45) is 0 Å². The van der Waals surface area contributed by atoms with E-state index in [1.165, 1.54) is 89.0 Å². The quantitative estimate of drug-likeness (QED) is 0.204. The molecule has 3 nitrogen and oxygen atoms in total. The number of aliphatic hydroxyl groups excluding tert-OH is 1. The highest BCUT2D eigenvalue weighted by Crippen LogP contribution is 2.18. The molecule has 1 unspecified atom stereocenters. The van der Waals surface area contributed by atoms with E-state index in [9.17, 15) is 5.11 Å². The number of benzene rings is 1. The van der Waals surface area contributed by atoms with Crippen LogP contribution in [0.5, 0.6) is 5.75 Å². The van der Waals surface area contributed by atoms with Crippen LogP contribution in [0.2, 0.25) is 0 Å². The molecule has 0 aliphatic rings. The zero-order valence-electron chi connectivity index (χ0n) is 19.6. The van der Waals surface area contributed by atoms with Gasteiger partial charge >= 0.3 is 0 Å². The van der Waals surface area contributed by atoms with E-state index in [1.54, 1.807) is 7.11 Å². The van der Waals surface area contributed by atoms with Gasteiger partial charge in [0, 0.05) is 5.56 Å². The van der Waals surface area contributed by atoms with Crippen LogP contribution in [-0.4, -0.2) is 43.4 Å². The lowest BCUT2D eigenvalue weighted by Gasteiger charge is -2.34. The van der Waals surface area contributed by atoms with Gasteiger partial charge in [-0.15, -0.1) is 0 Å². The summed E-state index contributed by atoms with van der Waals surface area (Å²) in [7, 11) is 3.98. The van der Waals surface area contributed by atoms with Gasteiger partial charge in [0.05, 0.1) is 27.3 Å². The number of hydrogen-bond acceptors (Lipinski definition) is 2. The SMILES string of the molecule is CCCCCCCCCCCCCCC[N+](C)(CCO)Cc1ccc(OC)cc1. The molecule has 0 heterocycles. The molecule has 1 aromatic rings. The Kier molecular flexibility index (Phi) is 15.0.